The number of hydrogen-bond acceptors (Lipinski definition) is 5. The van der Waals surface area contributed by atoms with Crippen molar-refractivity contribution in [3.63, 3.8) is 0 Å². The summed E-state index contributed by atoms with van der Waals surface area (Å²) in [5, 5.41) is 0. The summed E-state index contributed by atoms with van der Waals surface area (Å²) < 4.78 is 16.6. The fourth-order valence-electron chi connectivity index (χ4n) is 2.57. The molecule has 0 saturated carbocycles. The van der Waals surface area contributed by atoms with Crippen LogP contribution in [0.15, 0.2) is 0 Å². The van der Waals surface area contributed by atoms with E-state index in [1.165, 1.54) is 4.90 Å². The summed E-state index contributed by atoms with van der Waals surface area (Å²) in [5.41, 5.74) is -0.672. The van der Waals surface area contributed by atoms with Crippen LogP contribution in [0, 0.1) is 5.41 Å². The van der Waals surface area contributed by atoms with Gasteiger partial charge in [0.15, 0.2) is 5.79 Å². The highest BCUT2D eigenvalue weighted by Crippen LogP contribution is 2.37. The number of ether oxygens (including phenoxy) is 3. The molecule has 0 unspecified atom stereocenters. The highest BCUT2D eigenvalue weighted by molar-refractivity contribution is 5.83. The third-order valence-corrected chi connectivity index (χ3v) is 3.93. The molecule has 2 heterocycles. The summed E-state index contributed by atoms with van der Waals surface area (Å²) in [6.45, 7) is 11.6. The van der Waals surface area contributed by atoms with Crippen LogP contribution in [0.25, 0.3) is 0 Å². The van der Waals surface area contributed by atoms with Gasteiger partial charge in [-0.15, -0.1) is 0 Å². The molecule has 2 saturated heterocycles. The highest BCUT2D eigenvalue weighted by atomic mass is 16.7. The van der Waals surface area contributed by atoms with Crippen LogP contribution in [0.3, 0.4) is 0 Å². The number of rotatable bonds is 2. The van der Waals surface area contributed by atoms with Gasteiger partial charge >= 0.3 is 6.09 Å². The number of nitrogens with zero attached hydrogens (tertiary/aromatic N) is 2. The van der Waals surface area contributed by atoms with Crippen molar-refractivity contribution in [2.45, 2.75) is 46.0 Å². The predicted octanol–water partition coefficient (Wildman–Crippen LogP) is 1.46. The van der Waals surface area contributed by atoms with Gasteiger partial charge in [-0.05, 0) is 34.6 Å². The van der Waals surface area contributed by atoms with Gasteiger partial charge < -0.3 is 24.0 Å². The molecule has 7 nitrogen and oxygen atoms in total. The summed E-state index contributed by atoms with van der Waals surface area (Å²) in [7, 11) is 1.57. The van der Waals surface area contributed by atoms with Gasteiger partial charge in [0.25, 0.3) is 0 Å². The first-order valence-corrected chi connectivity index (χ1v) is 7.91. The van der Waals surface area contributed by atoms with E-state index in [1.807, 2.05) is 13.8 Å². The molecule has 1 spiro atoms. The van der Waals surface area contributed by atoms with Gasteiger partial charge in [-0.2, -0.15) is 0 Å². The molecule has 0 aromatic heterocycles. The van der Waals surface area contributed by atoms with Crippen molar-refractivity contribution in [2.24, 2.45) is 5.41 Å². The lowest BCUT2D eigenvalue weighted by molar-refractivity contribution is -0.303. The van der Waals surface area contributed by atoms with Crippen LogP contribution in [0.4, 0.5) is 4.79 Å². The third kappa shape index (κ3) is 4.57. The van der Waals surface area contributed by atoms with Crippen LogP contribution in [0.1, 0.15) is 34.6 Å². The van der Waals surface area contributed by atoms with Crippen LogP contribution in [0.5, 0.6) is 0 Å². The van der Waals surface area contributed by atoms with E-state index in [-0.39, 0.29) is 17.9 Å². The summed E-state index contributed by atoms with van der Waals surface area (Å²) in [5.74, 6) is -0.638. The molecule has 2 aliphatic rings. The number of carbonyl (C=O) groups excluding carboxylic acids is 2. The lowest BCUT2D eigenvalue weighted by atomic mass is 9.80. The van der Waals surface area contributed by atoms with Gasteiger partial charge in [0.05, 0.1) is 18.6 Å². The summed E-state index contributed by atoms with van der Waals surface area (Å²) in [6.07, 6.45) is -0.493. The Morgan fingerprint density at radius 3 is 2.17 bits per heavy atom. The lowest BCUT2D eigenvalue weighted by Gasteiger charge is -2.54. The minimum Gasteiger partial charge on any atom is -0.444 e. The Morgan fingerprint density at radius 1 is 1.17 bits per heavy atom. The third-order valence-electron chi connectivity index (χ3n) is 3.93. The zero-order chi connectivity index (χ0) is 17.5. The molecule has 23 heavy (non-hydrogen) atoms. The molecule has 7 heteroatoms. The maximum Gasteiger partial charge on any atom is 0.410 e. The zero-order valence-electron chi connectivity index (χ0n) is 15.0. The molecule has 0 radical (unpaired) electrons. The largest absolute Gasteiger partial charge is 0.444 e. The number of carbonyl (C=O) groups is 2. The number of likely N-dealkylation sites (N-methyl/N-ethyl adjacent to an activating group) is 1. The maximum atomic E-state index is 12.3. The smallest absolute Gasteiger partial charge is 0.410 e. The molecule has 0 bridgehead atoms. The SMILES string of the molecule is CN(CC(=O)N1CC2(COC(C)(C)OC2)C1)C(=O)OC(C)(C)C. The van der Waals surface area contributed by atoms with E-state index in [2.05, 4.69) is 0 Å². The zero-order valence-corrected chi connectivity index (χ0v) is 15.0. The Bertz CT molecular complexity index is 465. The minimum atomic E-state index is -0.571. The van der Waals surface area contributed by atoms with Crippen molar-refractivity contribution >= 4 is 12.0 Å². The highest BCUT2D eigenvalue weighted by Gasteiger charge is 2.50. The van der Waals surface area contributed by atoms with Crippen LogP contribution >= 0.6 is 0 Å². The Morgan fingerprint density at radius 2 is 1.70 bits per heavy atom. The van der Waals surface area contributed by atoms with Gasteiger partial charge in [-0.1, -0.05) is 0 Å². The molecule has 0 aliphatic carbocycles. The molecule has 2 rings (SSSR count). The predicted molar refractivity (Wildman–Crippen MR) is 83.9 cm³/mol. The molecule has 0 aromatic rings. The van der Waals surface area contributed by atoms with Crippen LogP contribution < -0.4 is 0 Å². The molecule has 132 valence electrons. The van der Waals surface area contributed by atoms with Crippen LogP contribution in [-0.4, -0.2) is 73.1 Å². The second-order valence-electron chi connectivity index (χ2n) is 8.06. The van der Waals surface area contributed by atoms with Crippen molar-refractivity contribution in [1.29, 1.82) is 0 Å². The molecular formula is C16H28N2O5. The second kappa shape index (κ2) is 5.94. The van der Waals surface area contributed by atoms with Crippen LogP contribution in [0.2, 0.25) is 0 Å². The number of amides is 2. The van der Waals surface area contributed by atoms with Gasteiger partial charge in [0.1, 0.15) is 12.1 Å². The van der Waals surface area contributed by atoms with Crippen LogP contribution in [-0.2, 0) is 19.0 Å². The van der Waals surface area contributed by atoms with Crippen molar-refractivity contribution in [1.82, 2.24) is 9.80 Å². The summed E-state index contributed by atoms with van der Waals surface area (Å²) in [6, 6.07) is 0. The van der Waals surface area contributed by atoms with E-state index >= 15 is 0 Å². The van der Waals surface area contributed by atoms with E-state index in [0.717, 1.165) is 0 Å². The van der Waals surface area contributed by atoms with Gasteiger partial charge in [0.2, 0.25) is 5.91 Å². The first-order valence-electron chi connectivity index (χ1n) is 7.91. The van der Waals surface area contributed by atoms with E-state index < -0.39 is 17.5 Å². The molecule has 0 N–H and O–H groups in total. The Balaban J connectivity index is 1.77. The monoisotopic (exact) mass is 328 g/mol. The Kier molecular flexibility index (Phi) is 4.65. The average molecular weight is 328 g/mol. The fraction of sp³-hybridized carbons (Fsp3) is 0.875. The van der Waals surface area contributed by atoms with E-state index in [4.69, 9.17) is 14.2 Å². The fourth-order valence-corrected chi connectivity index (χ4v) is 2.57. The van der Waals surface area contributed by atoms with Gasteiger partial charge in [-0.3, -0.25) is 4.79 Å². The number of hydrogen-bond donors (Lipinski definition) is 0. The van der Waals surface area contributed by atoms with Crippen molar-refractivity contribution in [2.75, 3.05) is 39.9 Å². The minimum absolute atomic E-state index is 0.0121. The molecule has 0 atom stereocenters. The van der Waals surface area contributed by atoms with E-state index in [1.54, 1.807) is 32.7 Å². The van der Waals surface area contributed by atoms with E-state index in [0.29, 0.717) is 26.3 Å². The van der Waals surface area contributed by atoms with Crippen molar-refractivity contribution < 1.29 is 23.8 Å². The first kappa shape index (κ1) is 18.0. The standard InChI is InChI=1S/C16H28N2O5/c1-14(2,3)23-13(20)17(6)7-12(19)18-8-16(9-18)10-21-15(4,5)22-11-16/h7-11H2,1-6H3. The Labute approximate surface area is 137 Å². The Hall–Kier alpha value is -1.34. The van der Waals surface area contributed by atoms with Crippen molar-refractivity contribution in [3.05, 3.63) is 0 Å². The topological polar surface area (TPSA) is 68.3 Å². The summed E-state index contributed by atoms with van der Waals surface area (Å²) in [4.78, 5) is 27.2. The van der Waals surface area contributed by atoms with Gasteiger partial charge in [-0.25, -0.2) is 4.79 Å². The summed E-state index contributed by atoms with van der Waals surface area (Å²) >= 11 is 0. The first-order chi connectivity index (χ1) is 10.4. The second-order valence-corrected chi connectivity index (χ2v) is 8.06. The molecule has 2 fully saturated rings. The average Bonchev–Trinajstić information content (AvgIpc) is 2.34. The van der Waals surface area contributed by atoms with Gasteiger partial charge in [0, 0.05) is 20.1 Å². The van der Waals surface area contributed by atoms with Crippen molar-refractivity contribution in [3.8, 4) is 0 Å². The quantitative estimate of drug-likeness (QED) is 0.768. The lowest BCUT2D eigenvalue weighted by Crippen LogP contribution is -2.66. The normalized spacial score (nSPS) is 22.4. The molecule has 2 amide bonds. The maximum absolute atomic E-state index is 12.3. The molecule has 0 aromatic carbocycles. The van der Waals surface area contributed by atoms with E-state index in [9.17, 15) is 9.59 Å². The number of likely N-dealkylation sites (tertiary alicyclic amines) is 1. The molecular weight excluding hydrogens is 300 g/mol. The molecule has 2 aliphatic heterocycles.